The van der Waals surface area contributed by atoms with E-state index in [0.717, 1.165) is 53.8 Å². The zero-order chi connectivity index (χ0) is 21.2. The number of ether oxygens (including phenoxy) is 1. The Morgan fingerprint density at radius 1 is 1.10 bits per heavy atom. The van der Waals surface area contributed by atoms with Crippen LogP contribution < -0.4 is 15.8 Å². The van der Waals surface area contributed by atoms with Gasteiger partial charge >= 0.3 is 0 Å². The van der Waals surface area contributed by atoms with Gasteiger partial charge in [-0.3, -0.25) is 4.98 Å². The predicted octanol–water partition coefficient (Wildman–Crippen LogP) is 3.77. The van der Waals surface area contributed by atoms with E-state index in [1.165, 1.54) is 6.39 Å². The van der Waals surface area contributed by atoms with E-state index in [1.807, 2.05) is 31.2 Å². The van der Waals surface area contributed by atoms with Gasteiger partial charge < -0.3 is 20.2 Å². The average molecular weight is 417 g/mol. The van der Waals surface area contributed by atoms with Crippen molar-refractivity contribution in [2.75, 3.05) is 11.1 Å². The van der Waals surface area contributed by atoms with Gasteiger partial charge in [-0.2, -0.15) is 0 Å². The summed E-state index contributed by atoms with van der Waals surface area (Å²) in [7, 11) is 0. The van der Waals surface area contributed by atoms with Crippen molar-refractivity contribution in [2.45, 2.75) is 44.8 Å². The molecule has 9 nitrogen and oxygen atoms in total. The molecule has 0 radical (unpaired) electrons. The number of aromatic nitrogens is 5. The van der Waals surface area contributed by atoms with Crippen molar-refractivity contribution in [1.82, 2.24) is 25.1 Å². The van der Waals surface area contributed by atoms with Crippen LogP contribution in [-0.4, -0.2) is 37.3 Å². The molecule has 0 unspecified atom stereocenters. The fraction of sp³-hybridized carbons (Fsp3) is 0.318. The maximum Gasteiger partial charge on any atom is 0.249 e. The quantitative estimate of drug-likeness (QED) is 0.467. The number of hydrogen-bond donors (Lipinski definition) is 2. The number of fused-ring (bicyclic) bond motifs is 1. The van der Waals surface area contributed by atoms with Crippen LogP contribution in [0.4, 0.5) is 11.5 Å². The van der Waals surface area contributed by atoms with Crippen molar-refractivity contribution >= 4 is 22.5 Å². The lowest BCUT2D eigenvalue weighted by atomic mass is 9.93. The first kappa shape index (κ1) is 19.2. The van der Waals surface area contributed by atoms with Gasteiger partial charge in [-0.05, 0) is 50.8 Å². The SMILES string of the molecule is Cc1nc(NC2CCC(Oc3cc(N)cc4nccnc34)CC2)ccc1-c1nnco1. The van der Waals surface area contributed by atoms with Crippen LogP contribution in [0.2, 0.25) is 0 Å². The van der Waals surface area contributed by atoms with E-state index >= 15 is 0 Å². The number of hydrogen-bond acceptors (Lipinski definition) is 9. The molecule has 1 aliphatic carbocycles. The predicted molar refractivity (Wildman–Crippen MR) is 117 cm³/mol. The first-order valence-corrected chi connectivity index (χ1v) is 10.3. The van der Waals surface area contributed by atoms with Crippen molar-refractivity contribution < 1.29 is 9.15 Å². The number of anilines is 2. The van der Waals surface area contributed by atoms with Crippen LogP contribution in [0.5, 0.6) is 5.75 Å². The number of benzene rings is 1. The summed E-state index contributed by atoms with van der Waals surface area (Å²) in [5.41, 5.74) is 9.83. The van der Waals surface area contributed by atoms with Crippen molar-refractivity contribution in [2.24, 2.45) is 0 Å². The molecule has 158 valence electrons. The highest BCUT2D eigenvalue weighted by Gasteiger charge is 2.24. The highest BCUT2D eigenvalue weighted by Crippen LogP contribution is 2.31. The van der Waals surface area contributed by atoms with E-state index in [-0.39, 0.29) is 6.10 Å². The van der Waals surface area contributed by atoms with Crippen LogP contribution in [0.25, 0.3) is 22.5 Å². The second kappa shape index (κ2) is 8.17. The molecule has 3 heterocycles. The molecule has 0 spiro atoms. The molecule has 9 heteroatoms. The molecule has 1 aliphatic rings. The van der Waals surface area contributed by atoms with E-state index in [9.17, 15) is 0 Å². The molecule has 0 bridgehead atoms. The molecule has 31 heavy (non-hydrogen) atoms. The summed E-state index contributed by atoms with van der Waals surface area (Å²) in [6, 6.07) is 7.90. The van der Waals surface area contributed by atoms with Gasteiger partial charge in [0.1, 0.15) is 17.1 Å². The molecule has 1 aromatic carbocycles. The van der Waals surface area contributed by atoms with E-state index in [0.29, 0.717) is 23.4 Å². The standard InChI is InChI=1S/C22H23N7O2/c1-13-17(22-29-26-12-30-22)6-7-20(27-13)28-15-2-4-16(5-3-15)31-19-11-14(23)10-18-21(19)25-9-8-24-18/h6-12,15-16H,2-5,23H2,1H3,(H,27,28). The van der Waals surface area contributed by atoms with Crippen molar-refractivity contribution in [3.05, 3.63) is 48.7 Å². The van der Waals surface area contributed by atoms with Gasteiger partial charge in [0.2, 0.25) is 12.3 Å². The highest BCUT2D eigenvalue weighted by atomic mass is 16.5. The molecule has 0 saturated heterocycles. The Bertz CT molecular complexity index is 1190. The first-order chi connectivity index (χ1) is 15.2. The fourth-order valence-corrected chi connectivity index (χ4v) is 4.02. The Morgan fingerprint density at radius 3 is 2.71 bits per heavy atom. The minimum absolute atomic E-state index is 0.125. The van der Waals surface area contributed by atoms with Crippen LogP contribution in [0, 0.1) is 6.92 Å². The summed E-state index contributed by atoms with van der Waals surface area (Å²) in [5.74, 6) is 2.03. The number of nitrogens with zero attached hydrogens (tertiary/aromatic N) is 5. The van der Waals surface area contributed by atoms with Gasteiger partial charge in [0.25, 0.3) is 0 Å². The molecular formula is C22H23N7O2. The monoisotopic (exact) mass is 417 g/mol. The Hall–Kier alpha value is -3.75. The van der Waals surface area contributed by atoms with Gasteiger partial charge in [0, 0.05) is 30.2 Å². The maximum atomic E-state index is 6.27. The Balaban J connectivity index is 1.21. The third-order valence-corrected chi connectivity index (χ3v) is 5.56. The van der Waals surface area contributed by atoms with E-state index in [4.69, 9.17) is 14.9 Å². The van der Waals surface area contributed by atoms with Crippen LogP contribution >= 0.6 is 0 Å². The summed E-state index contributed by atoms with van der Waals surface area (Å²) in [4.78, 5) is 13.4. The summed E-state index contributed by atoms with van der Waals surface area (Å²) in [6.07, 6.45) is 8.63. The number of aryl methyl sites for hydroxylation is 1. The molecule has 4 aromatic rings. The Kier molecular flexibility index (Phi) is 5.07. The van der Waals surface area contributed by atoms with Gasteiger partial charge in [0.05, 0.1) is 22.9 Å². The molecule has 1 fully saturated rings. The summed E-state index contributed by atoms with van der Waals surface area (Å²) >= 11 is 0. The molecule has 1 saturated carbocycles. The molecule has 5 rings (SSSR count). The van der Waals surface area contributed by atoms with Gasteiger partial charge in [-0.15, -0.1) is 10.2 Å². The third kappa shape index (κ3) is 4.11. The summed E-state index contributed by atoms with van der Waals surface area (Å²) in [5, 5.41) is 11.2. The van der Waals surface area contributed by atoms with Crippen molar-refractivity contribution in [3.63, 3.8) is 0 Å². The smallest absolute Gasteiger partial charge is 0.249 e. The molecule has 0 atom stereocenters. The molecule has 3 N–H and O–H groups in total. The molecule has 3 aromatic heterocycles. The van der Waals surface area contributed by atoms with E-state index in [1.54, 1.807) is 12.4 Å². The van der Waals surface area contributed by atoms with Crippen LogP contribution in [-0.2, 0) is 0 Å². The zero-order valence-corrected chi connectivity index (χ0v) is 17.2. The van der Waals surface area contributed by atoms with Crippen LogP contribution in [0.15, 0.2) is 47.5 Å². The number of nitrogens with two attached hydrogens (primary N) is 1. The summed E-state index contributed by atoms with van der Waals surface area (Å²) < 4.78 is 11.5. The van der Waals surface area contributed by atoms with E-state index in [2.05, 4.69) is 30.5 Å². The maximum absolute atomic E-state index is 6.27. The van der Waals surface area contributed by atoms with Crippen LogP contribution in [0.1, 0.15) is 31.4 Å². The van der Waals surface area contributed by atoms with Gasteiger partial charge in [-0.1, -0.05) is 0 Å². The lowest BCUT2D eigenvalue weighted by molar-refractivity contribution is 0.152. The molecular weight excluding hydrogens is 394 g/mol. The second-order valence-corrected chi connectivity index (χ2v) is 7.75. The van der Waals surface area contributed by atoms with Crippen molar-refractivity contribution in [3.8, 4) is 17.2 Å². The van der Waals surface area contributed by atoms with E-state index < -0.39 is 0 Å². The first-order valence-electron chi connectivity index (χ1n) is 10.3. The minimum atomic E-state index is 0.125. The lowest BCUT2D eigenvalue weighted by Crippen LogP contribution is -2.31. The number of pyridine rings is 1. The normalized spacial score (nSPS) is 18.7. The fourth-order valence-electron chi connectivity index (χ4n) is 4.02. The molecule has 0 amide bonds. The Morgan fingerprint density at radius 2 is 1.94 bits per heavy atom. The molecule has 0 aliphatic heterocycles. The average Bonchev–Trinajstić information content (AvgIpc) is 3.30. The Labute approximate surface area is 179 Å². The van der Waals surface area contributed by atoms with Gasteiger partial charge in [-0.25, -0.2) is 9.97 Å². The largest absolute Gasteiger partial charge is 0.488 e. The second-order valence-electron chi connectivity index (χ2n) is 7.75. The van der Waals surface area contributed by atoms with Crippen LogP contribution in [0.3, 0.4) is 0 Å². The van der Waals surface area contributed by atoms with Gasteiger partial charge in [0.15, 0.2) is 0 Å². The summed E-state index contributed by atoms with van der Waals surface area (Å²) in [6.45, 7) is 1.94. The minimum Gasteiger partial charge on any atom is -0.488 e. The van der Waals surface area contributed by atoms with Crippen molar-refractivity contribution in [1.29, 1.82) is 0 Å². The third-order valence-electron chi connectivity index (χ3n) is 5.56. The highest BCUT2D eigenvalue weighted by molar-refractivity contribution is 5.84. The topological polar surface area (TPSA) is 125 Å². The number of nitrogens with one attached hydrogen (secondary N) is 1. The zero-order valence-electron chi connectivity index (χ0n) is 17.2. The number of nitrogen functional groups attached to an aromatic ring is 1. The number of rotatable bonds is 5. The lowest BCUT2D eigenvalue weighted by Gasteiger charge is -2.30.